The van der Waals surface area contributed by atoms with E-state index >= 15 is 0 Å². The predicted molar refractivity (Wildman–Crippen MR) is 82.0 cm³/mol. The van der Waals surface area contributed by atoms with Crippen LogP contribution in [-0.2, 0) is 0 Å². The zero-order chi connectivity index (χ0) is 14.1. The minimum atomic E-state index is -0.224. The Labute approximate surface area is 124 Å². The van der Waals surface area contributed by atoms with Gasteiger partial charge in [0.25, 0.3) is 5.91 Å². The highest BCUT2D eigenvalue weighted by atomic mass is 79.9. The number of fused-ring (bicyclic) bond motifs is 1. The molecule has 100 valence electrons. The Morgan fingerprint density at radius 3 is 2.85 bits per heavy atom. The largest absolute Gasteiger partial charge is 0.320 e. The highest BCUT2D eigenvalue weighted by Gasteiger charge is 2.12. The molecule has 2 aromatic heterocycles. The number of carbonyl (C=O) groups excluding carboxylic acids is 1. The molecule has 3 rings (SSSR count). The minimum absolute atomic E-state index is 0.224. The van der Waals surface area contributed by atoms with Crippen LogP contribution < -0.4 is 5.32 Å². The number of benzene rings is 1. The Balaban J connectivity index is 1.89. The lowest BCUT2D eigenvalue weighted by atomic mass is 10.2. The molecule has 1 aromatic carbocycles. The molecule has 0 aliphatic heterocycles. The predicted octanol–water partition coefficient (Wildman–Crippen LogP) is 3.66. The van der Waals surface area contributed by atoms with Gasteiger partial charge >= 0.3 is 0 Å². The van der Waals surface area contributed by atoms with Crippen LogP contribution in [0, 0.1) is 6.92 Å². The van der Waals surface area contributed by atoms with Crippen LogP contribution in [0.4, 0.5) is 5.69 Å². The van der Waals surface area contributed by atoms with Gasteiger partial charge in [-0.05, 0) is 58.7 Å². The van der Waals surface area contributed by atoms with E-state index in [0.717, 1.165) is 21.2 Å². The normalized spacial score (nSPS) is 10.7. The second-order valence-electron chi connectivity index (χ2n) is 4.54. The topological polar surface area (TPSA) is 46.4 Å². The molecule has 0 radical (unpaired) electrons. The summed E-state index contributed by atoms with van der Waals surface area (Å²) in [5, 5.41) is 7.10. The molecule has 3 aromatic rings. The smallest absolute Gasteiger partial charge is 0.276 e. The first-order valence-corrected chi connectivity index (χ1v) is 6.95. The number of rotatable bonds is 2. The molecule has 0 fully saturated rings. The van der Waals surface area contributed by atoms with Crippen LogP contribution in [0.2, 0.25) is 0 Å². The summed E-state index contributed by atoms with van der Waals surface area (Å²) in [6.07, 6.45) is 1.81. The Kier molecular flexibility index (Phi) is 3.28. The van der Waals surface area contributed by atoms with Gasteiger partial charge in [0.1, 0.15) is 0 Å². The van der Waals surface area contributed by atoms with E-state index in [2.05, 4.69) is 26.3 Å². The van der Waals surface area contributed by atoms with Gasteiger partial charge in [-0.3, -0.25) is 4.79 Å². The van der Waals surface area contributed by atoms with Crippen molar-refractivity contribution in [2.24, 2.45) is 0 Å². The first-order valence-electron chi connectivity index (χ1n) is 6.15. The van der Waals surface area contributed by atoms with Gasteiger partial charge in [-0.15, -0.1) is 0 Å². The molecule has 0 atom stereocenters. The maximum Gasteiger partial charge on any atom is 0.276 e. The SMILES string of the molecule is Cc1ccc(NC(=O)c2cc3ccccn3n2)c(Br)c1. The van der Waals surface area contributed by atoms with Crippen molar-refractivity contribution in [3.63, 3.8) is 0 Å². The van der Waals surface area contributed by atoms with E-state index in [-0.39, 0.29) is 5.91 Å². The average molecular weight is 330 g/mol. The number of hydrogen-bond acceptors (Lipinski definition) is 2. The molecule has 4 nitrogen and oxygen atoms in total. The van der Waals surface area contributed by atoms with Gasteiger partial charge < -0.3 is 5.32 Å². The van der Waals surface area contributed by atoms with Gasteiger partial charge in [0.2, 0.25) is 0 Å². The van der Waals surface area contributed by atoms with Crippen molar-refractivity contribution >= 4 is 33.0 Å². The summed E-state index contributed by atoms with van der Waals surface area (Å²) in [4.78, 5) is 12.2. The summed E-state index contributed by atoms with van der Waals surface area (Å²) >= 11 is 3.44. The van der Waals surface area contributed by atoms with E-state index in [9.17, 15) is 4.79 Å². The Hall–Kier alpha value is -2.14. The number of halogens is 1. The quantitative estimate of drug-likeness (QED) is 0.779. The van der Waals surface area contributed by atoms with Gasteiger partial charge in [-0.25, -0.2) is 4.52 Å². The summed E-state index contributed by atoms with van der Waals surface area (Å²) in [6.45, 7) is 2.00. The highest BCUT2D eigenvalue weighted by Crippen LogP contribution is 2.23. The van der Waals surface area contributed by atoms with Gasteiger partial charge in [-0.1, -0.05) is 12.1 Å². The van der Waals surface area contributed by atoms with Gasteiger partial charge in [0.15, 0.2) is 5.69 Å². The lowest BCUT2D eigenvalue weighted by Gasteiger charge is -2.06. The number of aromatic nitrogens is 2. The van der Waals surface area contributed by atoms with Crippen molar-refractivity contribution in [1.29, 1.82) is 0 Å². The molecule has 2 heterocycles. The summed E-state index contributed by atoms with van der Waals surface area (Å²) < 4.78 is 2.54. The second-order valence-corrected chi connectivity index (χ2v) is 5.39. The Morgan fingerprint density at radius 1 is 1.25 bits per heavy atom. The summed E-state index contributed by atoms with van der Waals surface area (Å²) in [5.41, 5.74) is 3.14. The summed E-state index contributed by atoms with van der Waals surface area (Å²) in [6, 6.07) is 13.2. The molecule has 0 aliphatic carbocycles. The van der Waals surface area contributed by atoms with Gasteiger partial charge in [-0.2, -0.15) is 5.10 Å². The average Bonchev–Trinajstić information content (AvgIpc) is 2.86. The standard InChI is InChI=1S/C15H12BrN3O/c1-10-5-6-13(12(16)8-10)17-15(20)14-9-11-4-2-3-7-19(11)18-14/h2-9H,1H3,(H,17,20). The first kappa shape index (κ1) is 12.9. The Morgan fingerprint density at radius 2 is 2.10 bits per heavy atom. The molecule has 1 N–H and O–H groups in total. The van der Waals surface area contributed by atoms with Crippen molar-refractivity contribution < 1.29 is 4.79 Å². The van der Waals surface area contributed by atoms with Crippen LogP contribution in [0.25, 0.3) is 5.52 Å². The zero-order valence-electron chi connectivity index (χ0n) is 10.8. The summed E-state index contributed by atoms with van der Waals surface area (Å²) in [5.74, 6) is -0.224. The third kappa shape index (κ3) is 2.44. The van der Waals surface area contributed by atoms with E-state index in [1.165, 1.54) is 0 Å². The lowest BCUT2D eigenvalue weighted by Crippen LogP contribution is -2.13. The number of nitrogens with one attached hydrogen (secondary N) is 1. The molecule has 5 heteroatoms. The van der Waals surface area contributed by atoms with Crippen molar-refractivity contribution in [3.05, 3.63) is 64.4 Å². The zero-order valence-corrected chi connectivity index (χ0v) is 12.4. The molecule has 0 spiro atoms. The number of carbonyl (C=O) groups is 1. The van der Waals surface area contributed by atoms with Crippen molar-refractivity contribution in [2.45, 2.75) is 6.92 Å². The molecular weight excluding hydrogens is 318 g/mol. The van der Waals surface area contributed by atoms with E-state index in [0.29, 0.717) is 5.69 Å². The minimum Gasteiger partial charge on any atom is -0.320 e. The maximum absolute atomic E-state index is 12.2. The third-order valence-electron chi connectivity index (χ3n) is 2.98. The number of nitrogens with zero attached hydrogens (tertiary/aromatic N) is 2. The number of hydrogen-bond donors (Lipinski definition) is 1. The molecule has 1 amide bonds. The van der Waals surface area contributed by atoms with E-state index in [1.54, 1.807) is 10.6 Å². The number of anilines is 1. The monoisotopic (exact) mass is 329 g/mol. The highest BCUT2D eigenvalue weighted by molar-refractivity contribution is 9.10. The van der Waals surface area contributed by atoms with Crippen molar-refractivity contribution in [3.8, 4) is 0 Å². The van der Waals surface area contributed by atoms with Crippen molar-refractivity contribution in [1.82, 2.24) is 9.61 Å². The van der Waals surface area contributed by atoms with Gasteiger partial charge in [0, 0.05) is 10.7 Å². The molecule has 0 saturated carbocycles. The molecule has 0 bridgehead atoms. The fourth-order valence-corrected chi connectivity index (χ4v) is 2.55. The number of amides is 1. The molecule has 0 saturated heterocycles. The van der Waals surface area contributed by atoms with Crippen LogP contribution in [0.1, 0.15) is 16.1 Å². The third-order valence-corrected chi connectivity index (χ3v) is 3.63. The number of pyridine rings is 1. The van der Waals surface area contributed by atoms with Crippen LogP contribution in [0.5, 0.6) is 0 Å². The summed E-state index contributed by atoms with van der Waals surface area (Å²) in [7, 11) is 0. The van der Waals surface area contributed by atoms with Gasteiger partial charge in [0.05, 0.1) is 11.2 Å². The van der Waals surface area contributed by atoms with Crippen LogP contribution in [-0.4, -0.2) is 15.5 Å². The van der Waals surface area contributed by atoms with E-state index < -0.39 is 0 Å². The fourth-order valence-electron chi connectivity index (χ4n) is 1.96. The van der Waals surface area contributed by atoms with Crippen LogP contribution >= 0.6 is 15.9 Å². The van der Waals surface area contributed by atoms with E-state index in [4.69, 9.17) is 0 Å². The fraction of sp³-hybridized carbons (Fsp3) is 0.0667. The second kappa shape index (κ2) is 5.09. The lowest BCUT2D eigenvalue weighted by molar-refractivity contribution is 0.102. The van der Waals surface area contributed by atoms with Crippen LogP contribution in [0.15, 0.2) is 53.1 Å². The number of aryl methyl sites for hydroxylation is 1. The molecular formula is C15H12BrN3O. The molecule has 0 unspecified atom stereocenters. The van der Waals surface area contributed by atoms with E-state index in [1.807, 2.05) is 49.5 Å². The molecule has 0 aliphatic rings. The maximum atomic E-state index is 12.2. The molecule has 20 heavy (non-hydrogen) atoms. The first-order chi connectivity index (χ1) is 9.63. The van der Waals surface area contributed by atoms with Crippen molar-refractivity contribution in [2.75, 3.05) is 5.32 Å². The van der Waals surface area contributed by atoms with Crippen LogP contribution in [0.3, 0.4) is 0 Å². The Bertz CT molecular complexity index is 762.